The van der Waals surface area contributed by atoms with Crippen LogP contribution in [0.25, 0.3) is 0 Å². The minimum absolute atomic E-state index is 0.154. The normalized spacial score (nSPS) is 21.8. The highest BCUT2D eigenvalue weighted by atomic mass is 16.2. The summed E-state index contributed by atoms with van der Waals surface area (Å²) in [6.45, 7) is 12.6. The fourth-order valence-electron chi connectivity index (χ4n) is 4.97. The molecule has 5 rings (SSSR count). The van der Waals surface area contributed by atoms with E-state index in [1.807, 2.05) is 12.5 Å². The summed E-state index contributed by atoms with van der Waals surface area (Å²) in [4.78, 5) is 35.9. The number of carbonyl (C=O) groups is 3. The summed E-state index contributed by atoms with van der Waals surface area (Å²) in [7, 11) is 0. The predicted octanol–water partition coefficient (Wildman–Crippen LogP) is 6.55. The Morgan fingerprint density at radius 3 is 1.97 bits per heavy atom. The third-order valence-corrected chi connectivity index (χ3v) is 7.03. The summed E-state index contributed by atoms with van der Waals surface area (Å²) in [5, 5.41) is 2.45. The lowest BCUT2D eigenvalue weighted by Crippen LogP contribution is -2.39. The Morgan fingerprint density at radius 1 is 0.946 bits per heavy atom. The van der Waals surface area contributed by atoms with Gasteiger partial charge in [0.25, 0.3) is 0 Å². The number of Topliss-reactive ketones (excluding diaryl/α,β-unsaturated/α-hetero) is 1. The standard InChI is InChI=1S/C22H28N2O2.C5H5O.C5H12/c25-21-10-9-20(22(26)23-21)18-5-7-19(8-6-18)24-13-11-17(12-14-24)15-16-3-1-2-4-16;1-4(6)5-2-3-5;1-5(2,3)4/h1-2,5-8,16-17,20H,3-4,9-15H2,(H,23,25,26);2-3H,1H3;1-4H3. The van der Waals surface area contributed by atoms with Gasteiger partial charge in [-0.3, -0.25) is 19.7 Å². The first-order valence-electron chi connectivity index (χ1n) is 13.9. The second-order valence-electron chi connectivity index (χ2n) is 12.4. The number of allylic oxidation sites excluding steroid dienone is 4. The van der Waals surface area contributed by atoms with Gasteiger partial charge >= 0.3 is 0 Å². The van der Waals surface area contributed by atoms with Gasteiger partial charge in [0.1, 0.15) is 0 Å². The van der Waals surface area contributed by atoms with Gasteiger partial charge in [0, 0.05) is 31.6 Å². The van der Waals surface area contributed by atoms with E-state index in [4.69, 9.17) is 0 Å². The molecule has 1 atom stereocenters. The van der Waals surface area contributed by atoms with Crippen LogP contribution in [0.2, 0.25) is 0 Å². The Labute approximate surface area is 223 Å². The fraction of sp³-hybridized carbons (Fsp3) is 0.562. The highest BCUT2D eigenvalue weighted by Crippen LogP contribution is 2.33. The number of nitrogens with one attached hydrogen (secondary N) is 1. The van der Waals surface area contributed by atoms with Crippen LogP contribution in [0.1, 0.15) is 91.0 Å². The van der Waals surface area contributed by atoms with Gasteiger partial charge in [-0.05, 0) is 86.0 Å². The first-order chi connectivity index (χ1) is 17.5. The van der Waals surface area contributed by atoms with Crippen LogP contribution in [-0.2, 0) is 14.4 Å². The number of imide groups is 1. The molecule has 0 saturated carbocycles. The Kier molecular flexibility index (Phi) is 10.3. The number of piperidine rings is 2. The van der Waals surface area contributed by atoms with Gasteiger partial charge in [-0.1, -0.05) is 58.1 Å². The summed E-state index contributed by atoms with van der Waals surface area (Å²) < 4.78 is 0. The molecule has 5 nitrogen and oxygen atoms in total. The Balaban J connectivity index is 0.000000288. The lowest BCUT2D eigenvalue weighted by atomic mass is 9.86. The van der Waals surface area contributed by atoms with Crippen molar-refractivity contribution in [2.45, 2.75) is 85.5 Å². The topological polar surface area (TPSA) is 66.5 Å². The number of carbonyl (C=O) groups excluding carboxylic acids is 3. The van der Waals surface area contributed by atoms with Crippen LogP contribution in [-0.4, -0.2) is 30.7 Å². The number of hydrogen-bond donors (Lipinski definition) is 1. The lowest BCUT2D eigenvalue weighted by molar-refractivity contribution is -0.134. The van der Waals surface area contributed by atoms with Gasteiger partial charge in [-0.25, -0.2) is 0 Å². The fourth-order valence-corrected chi connectivity index (χ4v) is 4.97. The van der Waals surface area contributed by atoms with Crippen molar-refractivity contribution in [1.29, 1.82) is 0 Å². The van der Waals surface area contributed by atoms with Gasteiger partial charge < -0.3 is 4.90 Å². The number of rotatable bonds is 5. The van der Waals surface area contributed by atoms with Crippen LogP contribution in [0.15, 0.2) is 48.1 Å². The molecule has 1 radical (unpaired) electrons. The molecule has 0 aromatic heterocycles. The SMILES string of the molecule is CC(=O)C1=C[CH]1.CC(C)(C)C.O=C1CCC(c2ccc(N3CCC(CC4CC=CC4)CC3)cc2)C(=O)N1. The van der Waals surface area contributed by atoms with Crippen molar-refractivity contribution < 1.29 is 14.4 Å². The van der Waals surface area contributed by atoms with Gasteiger partial charge in [0.2, 0.25) is 11.8 Å². The zero-order valence-corrected chi connectivity index (χ0v) is 23.4. The maximum absolute atomic E-state index is 12.0. The zero-order valence-electron chi connectivity index (χ0n) is 23.4. The monoisotopic (exact) mass is 505 g/mol. The number of anilines is 1. The predicted molar refractivity (Wildman–Crippen MR) is 151 cm³/mol. The largest absolute Gasteiger partial charge is 0.372 e. The summed E-state index contributed by atoms with van der Waals surface area (Å²) in [6, 6.07) is 8.40. The molecule has 1 unspecified atom stereocenters. The van der Waals surface area contributed by atoms with Crippen LogP contribution in [0, 0.1) is 23.7 Å². The molecule has 2 aliphatic heterocycles. The molecular weight excluding hydrogens is 460 g/mol. The van der Waals surface area contributed by atoms with E-state index in [0.29, 0.717) is 18.3 Å². The van der Waals surface area contributed by atoms with Crippen LogP contribution >= 0.6 is 0 Å². The van der Waals surface area contributed by atoms with Gasteiger partial charge in [-0.15, -0.1) is 0 Å². The number of benzene rings is 1. The number of ketones is 1. The van der Waals surface area contributed by atoms with E-state index in [-0.39, 0.29) is 23.5 Å². The summed E-state index contributed by atoms with van der Waals surface area (Å²) in [5.41, 5.74) is 3.64. The minimum Gasteiger partial charge on any atom is -0.372 e. The quantitative estimate of drug-likeness (QED) is 0.364. The average molecular weight is 506 g/mol. The summed E-state index contributed by atoms with van der Waals surface area (Å²) >= 11 is 0. The van der Waals surface area contributed by atoms with Crippen LogP contribution in [0.4, 0.5) is 5.69 Å². The molecule has 2 heterocycles. The number of hydrogen-bond acceptors (Lipinski definition) is 4. The van der Waals surface area contributed by atoms with E-state index in [2.05, 4.69) is 74.3 Å². The molecule has 1 aromatic rings. The van der Waals surface area contributed by atoms with E-state index in [9.17, 15) is 14.4 Å². The molecule has 0 spiro atoms. The molecule has 2 fully saturated rings. The molecule has 2 aliphatic carbocycles. The van der Waals surface area contributed by atoms with Gasteiger partial charge in [0.05, 0.1) is 5.92 Å². The Morgan fingerprint density at radius 2 is 1.51 bits per heavy atom. The van der Waals surface area contributed by atoms with Gasteiger partial charge in [0.15, 0.2) is 5.78 Å². The summed E-state index contributed by atoms with van der Waals surface area (Å²) in [5.74, 6) is 1.44. The zero-order chi connectivity index (χ0) is 27.0. The molecule has 5 heteroatoms. The van der Waals surface area contributed by atoms with E-state index >= 15 is 0 Å². The van der Waals surface area contributed by atoms with Crippen molar-refractivity contribution in [3.8, 4) is 0 Å². The molecule has 2 amide bonds. The molecule has 37 heavy (non-hydrogen) atoms. The van der Waals surface area contributed by atoms with Crippen LogP contribution < -0.4 is 10.2 Å². The first kappa shape index (κ1) is 28.9. The molecule has 4 aliphatic rings. The minimum atomic E-state index is -0.187. The van der Waals surface area contributed by atoms with Crippen LogP contribution in [0.5, 0.6) is 0 Å². The van der Waals surface area contributed by atoms with Gasteiger partial charge in [-0.2, -0.15) is 0 Å². The Bertz CT molecular complexity index is 978. The van der Waals surface area contributed by atoms with Crippen molar-refractivity contribution in [3.05, 3.63) is 60.1 Å². The maximum atomic E-state index is 12.0. The highest BCUT2D eigenvalue weighted by Gasteiger charge is 2.28. The molecular formula is C32H45N2O3. The van der Waals surface area contributed by atoms with Crippen molar-refractivity contribution in [1.82, 2.24) is 5.32 Å². The van der Waals surface area contributed by atoms with Crippen LogP contribution in [0.3, 0.4) is 0 Å². The van der Waals surface area contributed by atoms with E-state index in [1.54, 1.807) is 6.92 Å². The smallest absolute Gasteiger partial charge is 0.234 e. The van der Waals surface area contributed by atoms with E-state index < -0.39 is 0 Å². The first-order valence-corrected chi connectivity index (χ1v) is 13.9. The average Bonchev–Trinajstić information content (AvgIpc) is 3.57. The number of nitrogens with zero attached hydrogens (tertiary/aromatic N) is 1. The third kappa shape index (κ3) is 10.3. The van der Waals surface area contributed by atoms with Crippen molar-refractivity contribution in [2.75, 3.05) is 18.0 Å². The molecule has 201 valence electrons. The molecule has 1 N–H and O–H groups in total. The highest BCUT2D eigenvalue weighted by molar-refractivity contribution is 6.01. The van der Waals surface area contributed by atoms with E-state index in [1.165, 1.54) is 37.8 Å². The maximum Gasteiger partial charge on any atom is 0.234 e. The summed E-state index contributed by atoms with van der Waals surface area (Å²) in [6.07, 6.45) is 15.8. The van der Waals surface area contributed by atoms with Crippen molar-refractivity contribution in [3.63, 3.8) is 0 Å². The second-order valence-corrected chi connectivity index (χ2v) is 12.4. The third-order valence-electron chi connectivity index (χ3n) is 7.03. The lowest BCUT2D eigenvalue weighted by Gasteiger charge is -2.35. The molecule has 2 saturated heterocycles. The number of amides is 2. The molecule has 0 bridgehead atoms. The van der Waals surface area contributed by atoms with E-state index in [0.717, 1.165) is 36.1 Å². The second kappa shape index (κ2) is 13.2. The molecule has 1 aromatic carbocycles. The van der Waals surface area contributed by atoms with Crippen molar-refractivity contribution in [2.24, 2.45) is 17.3 Å². The Hall–Kier alpha value is -2.69. The van der Waals surface area contributed by atoms with Crippen molar-refractivity contribution >= 4 is 23.3 Å².